The number of halogens is 2. The Morgan fingerprint density at radius 2 is 1.89 bits per heavy atom. The molecule has 3 rings (SSSR count). The molecule has 1 aliphatic rings. The summed E-state index contributed by atoms with van der Waals surface area (Å²) < 4.78 is 29.4. The standard InChI is InChI=1S/C24H22BrFN2O7S/c1-13(2)35-21(30)11-28-23(31)19(36-24(28)32)10-14-8-17(25)22(18(9-14)33-3)34-12-20(29)27-16-6-4-15(26)5-7-16/h4-10,13H,11-12H2,1-3H3,(H,27,29)/b19-10+. The number of anilines is 1. The van der Waals surface area contributed by atoms with Gasteiger partial charge >= 0.3 is 5.97 Å². The van der Waals surface area contributed by atoms with Crippen molar-refractivity contribution >= 4 is 62.5 Å². The predicted molar refractivity (Wildman–Crippen MR) is 135 cm³/mol. The van der Waals surface area contributed by atoms with Gasteiger partial charge in [0.25, 0.3) is 17.1 Å². The molecule has 1 aliphatic heterocycles. The van der Waals surface area contributed by atoms with Gasteiger partial charge < -0.3 is 19.5 Å². The minimum Gasteiger partial charge on any atom is -0.493 e. The number of carbonyl (C=O) groups is 4. The number of esters is 1. The topological polar surface area (TPSA) is 111 Å². The van der Waals surface area contributed by atoms with Crippen LogP contribution in [0.15, 0.2) is 45.8 Å². The highest BCUT2D eigenvalue weighted by Gasteiger charge is 2.37. The van der Waals surface area contributed by atoms with Gasteiger partial charge in [0.15, 0.2) is 18.1 Å². The van der Waals surface area contributed by atoms with Crippen molar-refractivity contribution in [1.29, 1.82) is 0 Å². The molecule has 36 heavy (non-hydrogen) atoms. The number of ether oxygens (including phenoxy) is 3. The number of amides is 3. The van der Waals surface area contributed by atoms with Crippen LogP contribution in [0.25, 0.3) is 6.08 Å². The summed E-state index contributed by atoms with van der Waals surface area (Å²) in [5.41, 5.74) is 0.926. The monoisotopic (exact) mass is 580 g/mol. The predicted octanol–water partition coefficient (Wildman–Crippen LogP) is 4.60. The van der Waals surface area contributed by atoms with E-state index in [1.807, 2.05) is 0 Å². The molecule has 0 unspecified atom stereocenters. The van der Waals surface area contributed by atoms with Crippen LogP contribution < -0.4 is 14.8 Å². The van der Waals surface area contributed by atoms with E-state index in [0.717, 1.165) is 4.90 Å². The second kappa shape index (κ2) is 12.0. The summed E-state index contributed by atoms with van der Waals surface area (Å²) in [7, 11) is 1.41. The Balaban J connectivity index is 1.70. The molecule has 12 heteroatoms. The Labute approximate surface area is 219 Å². The molecule has 0 aromatic heterocycles. The lowest BCUT2D eigenvalue weighted by molar-refractivity contribution is -0.149. The molecule has 0 radical (unpaired) electrons. The molecule has 1 saturated heterocycles. The van der Waals surface area contributed by atoms with E-state index in [0.29, 0.717) is 27.5 Å². The number of imide groups is 1. The lowest BCUT2D eigenvalue weighted by Gasteiger charge is -2.14. The SMILES string of the molecule is COc1cc(/C=C2/SC(=O)N(CC(=O)OC(C)C)C2=O)cc(Br)c1OCC(=O)Nc1ccc(F)cc1. The van der Waals surface area contributed by atoms with Gasteiger partial charge in [0.05, 0.1) is 22.6 Å². The maximum atomic E-state index is 13.0. The zero-order chi connectivity index (χ0) is 26.4. The van der Waals surface area contributed by atoms with Gasteiger partial charge in [-0.05, 0) is 89.6 Å². The fourth-order valence-corrected chi connectivity index (χ4v) is 4.46. The molecule has 0 aliphatic carbocycles. The van der Waals surface area contributed by atoms with Gasteiger partial charge in [-0.15, -0.1) is 0 Å². The number of nitrogens with zero attached hydrogens (tertiary/aromatic N) is 1. The summed E-state index contributed by atoms with van der Waals surface area (Å²) in [5.74, 6) is -1.67. The van der Waals surface area contributed by atoms with E-state index in [9.17, 15) is 23.6 Å². The van der Waals surface area contributed by atoms with Gasteiger partial charge in [0.1, 0.15) is 12.4 Å². The molecule has 0 saturated carbocycles. The lowest BCUT2D eigenvalue weighted by Crippen LogP contribution is -2.35. The normalized spacial score (nSPS) is 14.4. The summed E-state index contributed by atoms with van der Waals surface area (Å²) >= 11 is 4.07. The number of rotatable bonds is 9. The average Bonchev–Trinajstić information content (AvgIpc) is 3.06. The molecular formula is C24H22BrFN2O7S. The van der Waals surface area contributed by atoms with E-state index >= 15 is 0 Å². The number of carbonyl (C=O) groups excluding carboxylic acids is 4. The van der Waals surface area contributed by atoms with Gasteiger partial charge in [-0.2, -0.15) is 0 Å². The Morgan fingerprint density at radius 3 is 2.53 bits per heavy atom. The number of thioether (sulfide) groups is 1. The Hall–Kier alpha value is -3.38. The molecule has 0 spiro atoms. The van der Waals surface area contributed by atoms with Crippen molar-refractivity contribution in [3.8, 4) is 11.5 Å². The van der Waals surface area contributed by atoms with Gasteiger partial charge in [-0.25, -0.2) is 4.39 Å². The number of hydrogen-bond donors (Lipinski definition) is 1. The summed E-state index contributed by atoms with van der Waals surface area (Å²) in [6.07, 6.45) is 1.12. The molecular weight excluding hydrogens is 559 g/mol. The van der Waals surface area contributed by atoms with Crippen LogP contribution in [0.1, 0.15) is 19.4 Å². The Kier molecular flexibility index (Phi) is 9.10. The second-order valence-corrected chi connectivity index (χ2v) is 9.53. The second-order valence-electron chi connectivity index (χ2n) is 7.68. The molecule has 1 fully saturated rings. The Morgan fingerprint density at radius 1 is 1.19 bits per heavy atom. The van der Waals surface area contributed by atoms with Crippen LogP contribution in [-0.4, -0.2) is 54.3 Å². The van der Waals surface area contributed by atoms with E-state index in [4.69, 9.17) is 14.2 Å². The number of hydrogen-bond acceptors (Lipinski definition) is 8. The molecule has 190 valence electrons. The highest BCUT2D eigenvalue weighted by atomic mass is 79.9. The minimum absolute atomic E-state index is 0.124. The first-order valence-electron chi connectivity index (χ1n) is 10.6. The van der Waals surface area contributed by atoms with Crippen molar-refractivity contribution in [3.63, 3.8) is 0 Å². The Bertz CT molecular complexity index is 1220. The van der Waals surface area contributed by atoms with Crippen LogP contribution in [0.4, 0.5) is 14.9 Å². The molecule has 2 aromatic rings. The van der Waals surface area contributed by atoms with E-state index < -0.39 is 35.4 Å². The average molecular weight is 581 g/mol. The summed E-state index contributed by atoms with van der Waals surface area (Å²) in [5, 5.41) is 2.01. The third-order valence-corrected chi connectivity index (χ3v) is 6.05. The third kappa shape index (κ3) is 7.08. The molecule has 1 N–H and O–H groups in total. The minimum atomic E-state index is -0.678. The fraction of sp³-hybridized carbons (Fsp3) is 0.250. The van der Waals surface area contributed by atoms with Crippen molar-refractivity contribution in [2.45, 2.75) is 20.0 Å². The van der Waals surface area contributed by atoms with Crippen molar-refractivity contribution in [2.24, 2.45) is 0 Å². The number of methoxy groups -OCH3 is 1. The van der Waals surface area contributed by atoms with Gasteiger partial charge in [-0.3, -0.25) is 24.1 Å². The van der Waals surface area contributed by atoms with Crippen LogP contribution >= 0.6 is 27.7 Å². The quantitative estimate of drug-likeness (QED) is 0.338. The summed E-state index contributed by atoms with van der Waals surface area (Å²) in [6, 6.07) is 8.48. The fourth-order valence-electron chi connectivity index (χ4n) is 3.05. The highest BCUT2D eigenvalue weighted by molar-refractivity contribution is 9.10. The maximum absolute atomic E-state index is 13.0. The van der Waals surface area contributed by atoms with Gasteiger partial charge in [0, 0.05) is 5.69 Å². The molecule has 0 atom stereocenters. The van der Waals surface area contributed by atoms with Crippen LogP contribution in [-0.2, 0) is 19.1 Å². The van der Waals surface area contributed by atoms with Gasteiger partial charge in [-0.1, -0.05) is 0 Å². The van der Waals surface area contributed by atoms with E-state index in [-0.39, 0.29) is 29.1 Å². The molecule has 2 aromatic carbocycles. The maximum Gasteiger partial charge on any atom is 0.326 e. The summed E-state index contributed by atoms with van der Waals surface area (Å²) in [4.78, 5) is 50.0. The molecule has 1 heterocycles. The lowest BCUT2D eigenvalue weighted by atomic mass is 10.2. The molecule has 0 bridgehead atoms. The van der Waals surface area contributed by atoms with Crippen LogP contribution in [0, 0.1) is 5.82 Å². The largest absolute Gasteiger partial charge is 0.493 e. The van der Waals surface area contributed by atoms with Gasteiger partial charge in [0.2, 0.25) is 0 Å². The van der Waals surface area contributed by atoms with Crippen molar-refractivity contribution < 1.29 is 37.8 Å². The molecule has 9 nitrogen and oxygen atoms in total. The first-order valence-corrected chi connectivity index (χ1v) is 12.2. The van der Waals surface area contributed by atoms with Crippen molar-refractivity contribution in [1.82, 2.24) is 4.90 Å². The van der Waals surface area contributed by atoms with Crippen LogP contribution in [0.2, 0.25) is 0 Å². The first kappa shape index (κ1) is 27.2. The highest BCUT2D eigenvalue weighted by Crippen LogP contribution is 2.39. The van der Waals surface area contributed by atoms with Crippen molar-refractivity contribution in [3.05, 3.63) is 57.2 Å². The molecule has 3 amide bonds. The summed E-state index contributed by atoms with van der Waals surface area (Å²) in [6.45, 7) is 2.52. The van der Waals surface area contributed by atoms with Crippen LogP contribution in [0.3, 0.4) is 0 Å². The first-order chi connectivity index (χ1) is 17.1. The smallest absolute Gasteiger partial charge is 0.326 e. The number of nitrogens with one attached hydrogen (secondary N) is 1. The van der Waals surface area contributed by atoms with Crippen molar-refractivity contribution in [2.75, 3.05) is 25.6 Å². The van der Waals surface area contributed by atoms with Crippen LogP contribution in [0.5, 0.6) is 11.5 Å². The zero-order valence-corrected chi connectivity index (χ0v) is 21.9. The van der Waals surface area contributed by atoms with E-state index in [1.54, 1.807) is 26.0 Å². The zero-order valence-electron chi connectivity index (χ0n) is 19.5. The van der Waals surface area contributed by atoms with E-state index in [2.05, 4.69) is 21.2 Å². The van der Waals surface area contributed by atoms with E-state index in [1.165, 1.54) is 37.5 Å². The number of benzene rings is 2. The third-order valence-electron chi connectivity index (χ3n) is 4.55.